The van der Waals surface area contributed by atoms with Crippen molar-refractivity contribution in [1.29, 1.82) is 0 Å². The summed E-state index contributed by atoms with van der Waals surface area (Å²) < 4.78 is 1.00. The van der Waals surface area contributed by atoms with Gasteiger partial charge in [-0.25, -0.2) is 0 Å². The van der Waals surface area contributed by atoms with E-state index >= 15 is 0 Å². The Hall–Kier alpha value is -1.61. The van der Waals surface area contributed by atoms with E-state index in [4.69, 9.17) is 4.84 Å². The van der Waals surface area contributed by atoms with E-state index in [0.29, 0.717) is 6.61 Å². The molecular formula is C16H15BrNO. The topological polar surface area (TPSA) is 21.6 Å². The maximum Gasteiger partial charge on any atom is 0.142 e. The van der Waals surface area contributed by atoms with Gasteiger partial charge in [0.25, 0.3) is 0 Å². The fourth-order valence-electron chi connectivity index (χ4n) is 1.62. The van der Waals surface area contributed by atoms with Crippen LogP contribution in [-0.4, -0.2) is 6.21 Å². The van der Waals surface area contributed by atoms with Gasteiger partial charge in [0, 0.05) is 10.0 Å². The van der Waals surface area contributed by atoms with Crippen molar-refractivity contribution < 1.29 is 4.84 Å². The molecule has 2 aromatic rings. The Labute approximate surface area is 122 Å². The molecule has 0 spiro atoms. The van der Waals surface area contributed by atoms with Gasteiger partial charge in [-0.15, -0.1) is 0 Å². The maximum atomic E-state index is 5.24. The van der Waals surface area contributed by atoms with E-state index in [-0.39, 0.29) is 0 Å². The van der Waals surface area contributed by atoms with Gasteiger partial charge in [-0.3, -0.25) is 0 Å². The van der Waals surface area contributed by atoms with Gasteiger partial charge < -0.3 is 4.84 Å². The molecule has 2 aromatic carbocycles. The second-order valence-electron chi connectivity index (χ2n) is 4.16. The van der Waals surface area contributed by atoms with Gasteiger partial charge in [-0.2, -0.15) is 0 Å². The molecule has 1 radical (unpaired) electrons. The van der Waals surface area contributed by atoms with E-state index in [1.807, 2.05) is 24.3 Å². The largest absolute Gasteiger partial charge is 0.390 e. The predicted octanol–water partition coefficient (Wildman–Crippen LogP) is 4.44. The van der Waals surface area contributed by atoms with Gasteiger partial charge in [0.15, 0.2) is 0 Å². The third-order valence-corrected chi connectivity index (χ3v) is 3.22. The molecule has 2 rings (SSSR count). The van der Waals surface area contributed by atoms with Crippen LogP contribution in [0.3, 0.4) is 0 Å². The maximum absolute atomic E-state index is 5.24. The zero-order valence-electron chi connectivity index (χ0n) is 10.8. The summed E-state index contributed by atoms with van der Waals surface area (Å²) in [4.78, 5) is 5.24. The molecular weight excluding hydrogens is 302 g/mol. The lowest BCUT2D eigenvalue weighted by atomic mass is 10.1. The van der Waals surface area contributed by atoms with Crippen LogP contribution in [0.15, 0.2) is 58.2 Å². The van der Waals surface area contributed by atoms with E-state index in [0.717, 1.165) is 22.0 Å². The Morgan fingerprint density at radius 3 is 2.53 bits per heavy atom. The molecule has 0 amide bonds. The molecule has 0 aromatic heterocycles. The highest BCUT2D eigenvalue weighted by Crippen LogP contribution is 2.10. The summed E-state index contributed by atoms with van der Waals surface area (Å²) in [5.41, 5.74) is 3.32. The first-order valence-corrected chi connectivity index (χ1v) is 6.98. The number of hydrogen-bond acceptors (Lipinski definition) is 2. The fraction of sp³-hybridized carbons (Fsp3) is 0.188. The number of aryl methyl sites for hydroxylation is 1. The van der Waals surface area contributed by atoms with E-state index in [2.05, 4.69) is 58.5 Å². The van der Waals surface area contributed by atoms with E-state index in [1.54, 1.807) is 0 Å². The molecule has 0 atom stereocenters. The Morgan fingerprint density at radius 1 is 1.11 bits per heavy atom. The lowest BCUT2D eigenvalue weighted by molar-refractivity contribution is 0.132. The molecule has 3 heteroatoms. The van der Waals surface area contributed by atoms with Crippen LogP contribution < -0.4 is 0 Å². The molecule has 0 aliphatic heterocycles. The Kier molecular flexibility index (Phi) is 5.16. The highest BCUT2D eigenvalue weighted by Gasteiger charge is 1.94. The minimum Gasteiger partial charge on any atom is -0.390 e. The Balaban J connectivity index is 1.85. The predicted molar refractivity (Wildman–Crippen MR) is 81.3 cm³/mol. The summed E-state index contributed by atoms with van der Waals surface area (Å²) in [5, 5.41) is 3.85. The van der Waals surface area contributed by atoms with Crippen LogP contribution >= 0.6 is 15.9 Å². The van der Waals surface area contributed by atoms with Gasteiger partial charge in [0.2, 0.25) is 0 Å². The monoisotopic (exact) mass is 316 g/mol. The van der Waals surface area contributed by atoms with Crippen LogP contribution in [0.2, 0.25) is 0 Å². The molecule has 0 unspecified atom stereocenters. The van der Waals surface area contributed by atoms with Crippen LogP contribution in [-0.2, 0) is 17.9 Å². The first-order valence-electron chi connectivity index (χ1n) is 6.19. The van der Waals surface area contributed by atoms with Gasteiger partial charge in [0.05, 0.1) is 0 Å². The second kappa shape index (κ2) is 7.10. The molecule has 0 N–H and O–H groups in total. The highest BCUT2D eigenvalue weighted by atomic mass is 79.9. The van der Waals surface area contributed by atoms with Crippen molar-refractivity contribution in [2.45, 2.75) is 20.0 Å². The molecule has 2 nitrogen and oxygen atoms in total. The van der Waals surface area contributed by atoms with Crippen molar-refractivity contribution in [3.05, 3.63) is 69.7 Å². The summed E-state index contributed by atoms with van der Waals surface area (Å²) >= 11 is 3.40. The molecule has 0 bridgehead atoms. The lowest BCUT2D eigenvalue weighted by Gasteiger charge is -2.01. The standard InChI is InChI=1S/C16H15BrNO/c1-2-13-6-8-14(9-7-13)12-19-18-11-15-4-3-5-16(17)10-15/h3-10H,2,12H2,1H3. The molecule has 0 saturated heterocycles. The summed E-state index contributed by atoms with van der Waals surface area (Å²) in [7, 11) is 0. The average Bonchev–Trinajstić information content (AvgIpc) is 2.44. The van der Waals surface area contributed by atoms with Crippen LogP contribution in [0.25, 0.3) is 0 Å². The van der Waals surface area contributed by atoms with E-state index in [1.165, 1.54) is 5.56 Å². The zero-order chi connectivity index (χ0) is 13.5. The van der Waals surface area contributed by atoms with Crippen molar-refractivity contribution in [3.63, 3.8) is 0 Å². The summed E-state index contributed by atoms with van der Waals surface area (Å²) in [5.74, 6) is 0. The third-order valence-electron chi connectivity index (χ3n) is 2.73. The van der Waals surface area contributed by atoms with Gasteiger partial charge in [-0.05, 0) is 29.7 Å². The van der Waals surface area contributed by atoms with Crippen LogP contribution in [0.1, 0.15) is 23.6 Å². The third kappa shape index (κ3) is 4.52. The summed E-state index contributed by atoms with van der Waals surface area (Å²) in [6, 6.07) is 16.1. The van der Waals surface area contributed by atoms with Crippen molar-refractivity contribution >= 4 is 22.1 Å². The summed E-state index contributed by atoms with van der Waals surface area (Å²) in [6.07, 6.45) is 3.90. The molecule has 97 valence electrons. The fourth-order valence-corrected chi connectivity index (χ4v) is 2.02. The van der Waals surface area contributed by atoms with Gasteiger partial charge in [-0.1, -0.05) is 64.4 Å². The lowest BCUT2D eigenvalue weighted by Crippen LogP contribution is -1.89. The summed E-state index contributed by atoms with van der Waals surface area (Å²) in [6.45, 7) is 2.60. The first-order chi connectivity index (χ1) is 9.28. The van der Waals surface area contributed by atoms with Crippen molar-refractivity contribution in [1.82, 2.24) is 0 Å². The van der Waals surface area contributed by atoms with Crippen molar-refractivity contribution in [3.8, 4) is 0 Å². The smallest absolute Gasteiger partial charge is 0.142 e. The van der Waals surface area contributed by atoms with Crippen LogP contribution in [0.4, 0.5) is 0 Å². The second-order valence-corrected chi connectivity index (χ2v) is 5.07. The minimum absolute atomic E-state index is 0.463. The normalized spacial score (nSPS) is 10.8. The number of benzene rings is 2. The van der Waals surface area contributed by atoms with Crippen molar-refractivity contribution in [2.75, 3.05) is 0 Å². The van der Waals surface area contributed by atoms with E-state index < -0.39 is 0 Å². The molecule has 0 saturated carbocycles. The molecule has 0 aliphatic rings. The number of rotatable bonds is 5. The number of nitrogens with zero attached hydrogens (tertiary/aromatic N) is 1. The zero-order valence-corrected chi connectivity index (χ0v) is 12.4. The number of halogens is 1. The molecule has 19 heavy (non-hydrogen) atoms. The molecule has 0 heterocycles. The van der Waals surface area contributed by atoms with Gasteiger partial charge >= 0.3 is 0 Å². The average molecular weight is 317 g/mol. The SMILES string of the molecule is CCc1ccc(CO/N=[C]\c2cccc(Br)c2)cc1. The Bertz CT molecular complexity index is 549. The highest BCUT2D eigenvalue weighted by molar-refractivity contribution is 9.10. The first kappa shape index (κ1) is 13.8. The van der Waals surface area contributed by atoms with Crippen LogP contribution in [0, 0.1) is 0 Å². The number of hydrogen-bond donors (Lipinski definition) is 0. The van der Waals surface area contributed by atoms with Crippen LogP contribution in [0.5, 0.6) is 0 Å². The van der Waals surface area contributed by atoms with Gasteiger partial charge in [0.1, 0.15) is 12.8 Å². The quantitative estimate of drug-likeness (QED) is 0.590. The Morgan fingerprint density at radius 2 is 1.84 bits per heavy atom. The molecule has 0 aliphatic carbocycles. The van der Waals surface area contributed by atoms with Crippen molar-refractivity contribution in [2.24, 2.45) is 5.16 Å². The van der Waals surface area contributed by atoms with E-state index in [9.17, 15) is 0 Å². The minimum atomic E-state index is 0.463. The molecule has 0 fully saturated rings.